The standard InChI is InChI=1S/C59H114O17P2/c1-5-9-13-17-21-24-25-26-27-28-29-30-34-38-42-46-59(64)76-55(50-70-57(62)44-40-36-32-22-18-14-10-6-2)52-74-78(67,68)72-48-53(60)47-71-77(65,66)73-51-54(49-69-56(61)43-39-35-31-20-16-12-8-4)75-58(63)45-41-37-33-23-19-15-11-7-3/h53-55,60H,5-52H2,1-4H3,(H,65,66)(H,67,68)/t53-,54+,55+/m0/s1. The minimum Gasteiger partial charge on any atom is -0.462 e. The topological polar surface area (TPSA) is 237 Å². The van der Waals surface area contributed by atoms with Crippen molar-refractivity contribution in [2.75, 3.05) is 39.6 Å². The molecular weight excluding hydrogens is 1040 g/mol. The minimum atomic E-state index is -4.93. The molecule has 0 rings (SSSR count). The highest BCUT2D eigenvalue weighted by Gasteiger charge is 2.30. The molecule has 0 amide bonds. The molecule has 78 heavy (non-hydrogen) atoms. The molecule has 0 aliphatic rings. The Morgan fingerprint density at radius 1 is 0.308 bits per heavy atom. The Labute approximate surface area is 473 Å². The van der Waals surface area contributed by atoms with Crippen molar-refractivity contribution >= 4 is 39.5 Å². The zero-order chi connectivity index (χ0) is 57.6. The van der Waals surface area contributed by atoms with Gasteiger partial charge in [-0.3, -0.25) is 37.3 Å². The Kier molecular flexibility index (Phi) is 53.0. The van der Waals surface area contributed by atoms with E-state index in [9.17, 15) is 43.2 Å². The molecule has 0 saturated heterocycles. The van der Waals surface area contributed by atoms with E-state index >= 15 is 0 Å². The SMILES string of the molecule is CCCCCCCCCCCCCCCCCC(=O)O[C@H](COC(=O)CCCCCCCCCC)COP(=O)(O)OC[C@@H](O)COP(=O)(O)OC[C@@H](COC(=O)CCCCCCCCC)OC(=O)CCCCCCCCCC. The van der Waals surface area contributed by atoms with Crippen LogP contribution >= 0.6 is 15.6 Å². The van der Waals surface area contributed by atoms with Gasteiger partial charge in [0.1, 0.15) is 19.3 Å². The summed E-state index contributed by atoms with van der Waals surface area (Å²) in [6.07, 6.45) is 37.8. The number of aliphatic hydroxyl groups excluding tert-OH is 1. The fraction of sp³-hybridized carbons (Fsp3) is 0.932. The Balaban J connectivity index is 5.15. The maximum atomic E-state index is 12.9. The predicted molar refractivity (Wildman–Crippen MR) is 308 cm³/mol. The lowest BCUT2D eigenvalue weighted by molar-refractivity contribution is -0.161. The van der Waals surface area contributed by atoms with E-state index in [1.807, 2.05) is 0 Å². The van der Waals surface area contributed by atoms with Crippen LogP contribution in [-0.4, -0.2) is 96.7 Å². The second kappa shape index (κ2) is 54.3. The van der Waals surface area contributed by atoms with E-state index in [4.69, 9.17) is 37.0 Å². The first-order valence-corrected chi connectivity index (χ1v) is 34.3. The van der Waals surface area contributed by atoms with Crippen LogP contribution in [0.15, 0.2) is 0 Å². The quantitative estimate of drug-likeness (QED) is 0.0222. The van der Waals surface area contributed by atoms with Gasteiger partial charge in [0, 0.05) is 25.7 Å². The summed E-state index contributed by atoms with van der Waals surface area (Å²) in [6.45, 7) is 4.77. The molecular formula is C59H114O17P2. The summed E-state index contributed by atoms with van der Waals surface area (Å²) in [6, 6.07) is 0. The predicted octanol–water partition coefficient (Wildman–Crippen LogP) is 16.0. The van der Waals surface area contributed by atoms with Crippen molar-refractivity contribution in [1.29, 1.82) is 0 Å². The average Bonchev–Trinajstić information content (AvgIpc) is 3.41. The van der Waals surface area contributed by atoms with Gasteiger partial charge in [0.05, 0.1) is 26.4 Å². The molecule has 0 saturated carbocycles. The number of phosphoric acid groups is 2. The Bertz CT molecular complexity index is 1520. The molecule has 2 unspecified atom stereocenters. The summed E-state index contributed by atoms with van der Waals surface area (Å²) in [5.74, 6) is -2.15. The maximum absolute atomic E-state index is 12.9. The molecule has 0 aromatic heterocycles. The van der Waals surface area contributed by atoms with Crippen molar-refractivity contribution in [3.8, 4) is 0 Å². The largest absolute Gasteiger partial charge is 0.472 e. The maximum Gasteiger partial charge on any atom is 0.472 e. The molecule has 0 spiro atoms. The summed E-state index contributed by atoms with van der Waals surface area (Å²) >= 11 is 0. The number of hydrogen-bond donors (Lipinski definition) is 3. The summed E-state index contributed by atoms with van der Waals surface area (Å²) in [4.78, 5) is 71.7. The molecule has 19 heteroatoms. The highest BCUT2D eigenvalue weighted by molar-refractivity contribution is 7.47. The van der Waals surface area contributed by atoms with Crippen LogP contribution in [-0.2, 0) is 65.4 Å². The van der Waals surface area contributed by atoms with Crippen molar-refractivity contribution < 1.29 is 80.2 Å². The first-order chi connectivity index (χ1) is 37.7. The molecule has 3 N–H and O–H groups in total. The molecule has 0 aromatic rings. The number of unbranched alkanes of at least 4 members (excludes halogenated alkanes) is 34. The van der Waals surface area contributed by atoms with Crippen LogP contribution in [0, 0.1) is 0 Å². The van der Waals surface area contributed by atoms with E-state index in [0.29, 0.717) is 25.7 Å². The molecule has 0 aliphatic carbocycles. The van der Waals surface area contributed by atoms with Crippen LogP contribution in [0.3, 0.4) is 0 Å². The summed E-state index contributed by atoms with van der Waals surface area (Å²) in [7, 11) is -9.86. The molecule has 462 valence electrons. The molecule has 0 heterocycles. The number of rotatable bonds is 60. The number of carbonyl (C=O) groups is 4. The molecule has 0 radical (unpaired) electrons. The first-order valence-electron chi connectivity index (χ1n) is 31.3. The van der Waals surface area contributed by atoms with E-state index in [0.717, 1.165) is 116 Å². The van der Waals surface area contributed by atoms with Gasteiger partial charge in [-0.2, -0.15) is 0 Å². The van der Waals surface area contributed by atoms with Gasteiger partial charge in [-0.1, -0.05) is 246 Å². The Morgan fingerprint density at radius 3 is 0.756 bits per heavy atom. The van der Waals surface area contributed by atoms with Crippen molar-refractivity contribution in [2.24, 2.45) is 0 Å². The smallest absolute Gasteiger partial charge is 0.462 e. The molecule has 0 aromatic carbocycles. The van der Waals surface area contributed by atoms with Gasteiger partial charge in [0.15, 0.2) is 12.2 Å². The van der Waals surface area contributed by atoms with Crippen molar-refractivity contribution in [1.82, 2.24) is 0 Å². The fourth-order valence-corrected chi connectivity index (χ4v) is 10.3. The van der Waals surface area contributed by atoms with Gasteiger partial charge in [0.2, 0.25) is 0 Å². The first kappa shape index (κ1) is 76.1. The van der Waals surface area contributed by atoms with Gasteiger partial charge in [-0.15, -0.1) is 0 Å². The third-order valence-electron chi connectivity index (χ3n) is 13.6. The Hall–Kier alpha value is -1.94. The van der Waals surface area contributed by atoms with Crippen LogP contribution < -0.4 is 0 Å². The number of phosphoric ester groups is 2. The number of carbonyl (C=O) groups excluding carboxylic acids is 4. The number of hydrogen-bond acceptors (Lipinski definition) is 15. The van der Waals surface area contributed by atoms with Gasteiger partial charge < -0.3 is 33.8 Å². The second-order valence-electron chi connectivity index (χ2n) is 21.4. The summed E-state index contributed by atoms with van der Waals surface area (Å²) < 4.78 is 67.6. The second-order valence-corrected chi connectivity index (χ2v) is 24.3. The van der Waals surface area contributed by atoms with E-state index < -0.39 is 97.5 Å². The van der Waals surface area contributed by atoms with Crippen molar-refractivity contribution in [3.05, 3.63) is 0 Å². The third-order valence-corrected chi connectivity index (χ3v) is 15.5. The molecule has 0 aliphatic heterocycles. The number of esters is 4. The molecule has 17 nitrogen and oxygen atoms in total. The zero-order valence-electron chi connectivity index (χ0n) is 49.6. The average molecular weight is 1160 g/mol. The van der Waals surface area contributed by atoms with Gasteiger partial charge >= 0.3 is 39.5 Å². The zero-order valence-corrected chi connectivity index (χ0v) is 51.4. The Morgan fingerprint density at radius 2 is 0.513 bits per heavy atom. The van der Waals surface area contributed by atoms with Crippen LogP contribution in [0.25, 0.3) is 0 Å². The van der Waals surface area contributed by atoms with Crippen molar-refractivity contribution in [2.45, 2.75) is 316 Å². The van der Waals surface area contributed by atoms with Gasteiger partial charge in [-0.05, 0) is 25.7 Å². The lowest BCUT2D eigenvalue weighted by Crippen LogP contribution is -2.30. The fourth-order valence-electron chi connectivity index (χ4n) is 8.75. The highest BCUT2D eigenvalue weighted by atomic mass is 31.2. The van der Waals surface area contributed by atoms with E-state index in [2.05, 4.69) is 27.7 Å². The minimum absolute atomic E-state index is 0.105. The van der Waals surface area contributed by atoms with E-state index in [1.54, 1.807) is 0 Å². The number of ether oxygens (including phenoxy) is 4. The van der Waals surface area contributed by atoms with Gasteiger partial charge in [-0.25, -0.2) is 9.13 Å². The van der Waals surface area contributed by atoms with Crippen LogP contribution in [0.1, 0.15) is 297 Å². The summed E-state index contributed by atoms with van der Waals surface area (Å²) in [5, 5.41) is 10.5. The number of aliphatic hydroxyl groups is 1. The van der Waals surface area contributed by atoms with Crippen LogP contribution in [0.5, 0.6) is 0 Å². The van der Waals surface area contributed by atoms with Gasteiger partial charge in [0.25, 0.3) is 0 Å². The molecule has 0 bridgehead atoms. The van der Waals surface area contributed by atoms with Crippen LogP contribution in [0.4, 0.5) is 0 Å². The van der Waals surface area contributed by atoms with Crippen LogP contribution in [0.2, 0.25) is 0 Å². The van der Waals surface area contributed by atoms with Crippen molar-refractivity contribution in [3.63, 3.8) is 0 Å². The highest BCUT2D eigenvalue weighted by Crippen LogP contribution is 2.45. The molecule has 0 fully saturated rings. The molecule has 5 atom stereocenters. The lowest BCUT2D eigenvalue weighted by Gasteiger charge is -2.21. The third kappa shape index (κ3) is 53.4. The normalized spacial score (nSPS) is 14.3. The van der Waals surface area contributed by atoms with E-state index in [1.165, 1.54) is 103 Å². The lowest BCUT2D eigenvalue weighted by atomic mass is 10.0. The van der Waals surface area contributed by atoms with E-state index in [-0.39, 0.29) is 25.7 Å². The summed E-state index contributed by atoms with van der Waals surface area (Å²) in [5.41, 5.74) is 0. The monoisotopic (exact) mass is 1160 g/mol.